The van der Waals surface area contributed by atoms with E-state index < -0.39 is 0 Å². The zero-order valence-electron chi connectivity index (χ0n) is 12.2. The van der Waals surface area contributed by atoms with Crippen molar-refractivity contribution in [1.29, 1.82) is 0 Å². The first-order valence-corrected chi connectivity index (χ1v) is 7.18. The molecule has 1 amide bonds. The monoisotopic (exact) mass is 303 g/mol. The molecule has 110 valence electrons. The number of benzene rings is 2. The van der Waals surface area contributed by atoms with Crippen LogP contribution in [-0.2, 0) is 0 Å². The average molecular weight is 304 g/mol. The second-order valence-electron chi connectivity index (χ2n) is 4.86. The summed E-state index contributed by atoms with van der Waals surface area (Å²) in [5.41, 5.74) is 2.95. The first kappa shape index (κ1) is 15.4. The smallest absolute Gasteiger partial charge is 0.251 e. The molecule has 3 nitrogen and oxygen atoms in total. The summed E-state index contributed by atoms with van der Waals surface area (Å²) in [5.74, 6) is 0.607. The minimum absolute atomic E-state index is 0.0900. The predicted octanol–water partition coefficient (Wildman–Crippen LogP) is 3.77. The molecule has 0 heterocycles. The van der Waals surface area contributed by atoms with Crippen LogP contribution in [-0.4, -0.2) is 19.1 Å². The van der Waals surface area contributed by atoms with E-state index in [2.05, 4.69) is 5.32 Å². The first-order valence-electron chi connectivity index (χ1n) is 6.80. The Morgan fingerprint density at radius 1 is 1.14 bits per heavy atom. The van der Waals surface area contributed by atoms with Gasteiger partial charge in [-0.3, -0.25) is 4.79 Å². The van der Waals surface area contributed by atoms with Crippen molar-refractivity contribution in [1.82, 2.24) is 5.32 Å². The number of ether oxygens (including phenoxy) is 1. The second-order valence-corrected chi connectivity index (χ2v) is 5.30. The Bertz CT molecular complexity index is 640. The molecule has 0 aliphatic rings. The maximum absolute atomic E-state index is 12.0. The summed E-state index contributed by atoms with van der Waals surface area (Å²) in [6, 6.07) is 12.9. The van der Waals surface area contributed by atoms with Crippen LogP contribution in [0.15, 0.2) is 42.5 Å². The fraction of sp³-hybridized carbons (Fsp3) is 0.235. The van der Waals surface area contributed by atoms with Gasteiger partial charge in [-0.15, -0.1) is 0 Å². The SMILES string of the molecule is Cc1ccc(C(=O)NCCOc2cccc(Cl)c2)cc1C. The lowest BCUT2D eigenvalue weighted by Crippen LogP contribution is -2.28. The lowest BCUT2D eigenvalue weighted by molar-refractivity contribution is 0.0947. The molecule has 1 N–H and O–H groups in total. The Balaban J connectivity index is 1.80. The molecule has 21 heavy (non-hydrogen) atoms. The van der Waals surface area contributed by atoms with Crippen LogP contribution in [0.25, 0.3) is 0 Å². The molecule has 0 bridgehead atoms. The van der Waals surface area contributed by atoms with Crippen molar-refractivity contribution < 1.29 is 9.53 Å². The summed E-state index contributed by atoms with van der Waals surface area (Å²) >= 11 is 5.87. The van der Waals surface area contributed by atoms with Crippen LogP contribution in [0.4, 0.5) is 0 Å². The van der Waals surface area contributed by atoms with Crippen molar-refractivity contribution >= 4 is 17.5 Å². The lowest BCUT2D eigenvalue weighted by atomic mass is 10.1. The van der Waals surface area contributed by atoms with E-state index in [0.29, 0.717) is 29.5 Å². The molecule has 0 radical (unpaired) electrons. The first-order chi connectivity index (χ1) is 10.1. The number of nitrogens with one attached hydrogen (secondary N) is 1. The van der Waals surface area contributed by atoms with Crippen LogP contribution >= 0.6 is 11.6 Å². The summed E-state index contributed by atoms with van der Waals surface area (Å²) in [5, 5.41) is 3.46. The zero-order valence-corrected chi connectivity index (χ0v) is 12.9. The van der Waals surface area contributed by atoms with E-state index in [4.69, 9.17) is 16.3 Å². The van der Waals surface area contributed by atoms with Crippen LogP contribution in [0.1, 0.15) is 21.5 Å². The number of carbonyl (C=O) groups is 1. The van der Waals surface area contributed by atoms with Gasteiger partial charge in [0.1, 0.15) is 12.4 Å². The van der Waals surface area contributed by atoms with E-state index in [1.165, 1.54) is 5.56 Å². The standard InChI is InChI=1S/C17H18ClNO2/c1-12-6-7-14(10-13(12)2)17(20)19-8-9-21-16-5-3-4-15(18)11-16/h3-7,10-11H,8-9H2,1-2H3,(H,19,20). The van der Waals surface area contributed by atoms with Crippen molar-refractivity contribution in [2.75, 3.05) is 13.2 Å². The number of aryl methyl sites for hydroxylation is 2. The number of carbonyl (C=O) groups excluding carboxylic acids is 1. The lowest BCUT2D eigenvalue weighted by Gasteiger charge is -2.09. The van der Waals surface area contributed by atoms with Gasteiger partial charge < -0.3 is 10.1 Å². The molecular weight excluding hydrogens is 286 g/mol. The molecule has 0 fully saturated rings. The minimum Gasteiger partial charge on any atom is -0.492 e. The molecule has 4 heteroatoms. The Morgan fingerprint density at radius 3 is 2.67 bits per heavy atom. The molecule has 0 atom stereocenters. The highest BCUT2D eigenvalue weighted by Gasteiger charge is 2.06. The molecule has 0 aliphatic carbocycles. The Hall–Kier alpha value is -2.00. The molecule has 0 unspecified atom stereocenters. The normalized spacial score (nSPS) is 10.2. The van der Waals surface area contributed by atoms with Gasteiger partial charge in [-0.2, -0.15) is 0 Å². The van der Waals surface area contributed by atoms with Crippen molar-refractivity contribution in [2.24, 2.45) is 0 Å². The molecule has 2 aromatic carbocycles. The molecule has 0 aliphatic heterocycles. The summed E-state index contributed by atoms with van der Waals surface area (Å²) < 4.78 is 5.52. The maximum atomic E-state index is 12.0. The van der Waals surface area contributed by atoms with Crippen molar-refractivity contribution in [3.63, 3.8) is 0 Å². The Kier molecular flexibility index (Phi) is 5.23. The molecule has 0 saturated carbocycles. The van der Waals surface area contributed by atoms with Gasteiger partial charge in [0.05, 0.1) is 6.54 Å². The highest BCUT2D eigenvalue weighted by molar-refractivity contribution is 6.30. The third-order valence-corrected chi connectivity index (χ3v) is 3.46. The van der Waals surface area contributed by atoms with Crippen molar-refractivity contribution in [3.05, 3.63) is 64.2 Å². The van der Waals surface area contributed by atoms with Gasteiger partial charge in [-0.25, -0.2) is 0 Å². The van der Waals surface area contributed by atoms with Gasteiger partial charge in [-0.1, -0.05) is 23.7 Å². The molecule has 0 spiro atoms. The Labute approximate surface area is 129 Å². The quantitative estimate of drug-likeness (QED) is 0.854. The van der Waals surface area contributed by atoms with E-state index in [1.54, 1.807) is 12.1 Å². The molecule has 0 saturated heterocycles. The largest absolute Gasteiger partial charge is 0.492 e. The number of rotatable bonds is 5. The highest BCUT2D eigenvalue weighted by atomic mass is 35.5. The maximum Gasteiger partial charge on any atom is 0.251 e. The van der Waals surface area contributed by atoms with E-state index in [0.717, 1.165) is 5.56 Å². The third kappa shape index (κ3) is 4.50. The van der Waals surface area contributed by atoms with Gasteiger partial charge >= 0.3 is 0 Å². The van der Waals surface area contributed by atoms with Crippen molar-refractivity contribution in [3.8, 4) is 5.75 Å². The van der Waals surface area contributed by atoms with Crippen LogP contribution < -0.4 is 10.1 Å². The van der Waals surface area contributed by atoms with Gasteiger partial charge in [0.2, 0.25) is 0 Å². The fourth-order valence-electron chi connectivity index (χ4n) is 1.87. The minimum atomic E-state index is -0.0900. The summed E-state index contributed by atoms with van der Waals surface area (Å²) in [4.78, 5) is 12.0. The van der Waals surface area contributed by atoms with Crippen LogP contribution in [0.2, 0.25) is 5.02 Å². The topological polar surface area (TPSA) is 38.3 Å². The van der Waals surface area contributed by atoms with Crippen LogP contribution in [0.3, 0.4) is 0 Å². The highest BCUT2D eigenvalue weighted by Crippen LogP contribution is 2.16. The van der Waals surface area contributed by atoms with Gasteiger partial charge in [-0.05, 0) is 55.3 Å². The van der Waals surface area contributed by atoms with Gasteiger partial charge in [0, 0.05) is 10.6 Å². The molecule has 0 aromatic heterocycles. The number of hydrogen-bond donors (Lipinski definition) is 1. The number of amides is 1. The summed E-state index contributed by atoms with van der Waals surface area (Å²) in [6.45, 7) is 4.86. The van der Waals surface area contributed by atoms with Gasteiger partial charge in [0.15, 0.2) is 0 Å². The predicted molar refractivity (Wildman–Crippen MR) is 85.2 cm³/mol. The van der Waals surface area contributed by atoms with E-state index in [-0.39, 0.29) is 5.91 Å². The summed E-state index contributed by atoms with van der Waals surface area (Å²) in [7, 11) is 0. The van der Waals surface area contributed by atoms with Crippen LogP contribution in [0.5, 0.6) is 5.75 Å². The van der Waals surface area contributed by atoms with Gasteiger partial charge in [0.25, 0.3) is 5.91 Å². The second kappa shape index (κ2) is 7.14. The average Bonchev–Trinajstić information content (AvgIpc) is 2.46. The van der Waals surface area contributed by atoms with E-state index >= 15 is 0 Å². The van der Waals surface area contributed by atoms with E-state index in [9.17, 15) is 4.79 Å². The molecule has 2 aromatic rings. The number of hydrogen-bond acceptors (Lipinski definition) is 2. The van der Waals surface area contributed by atoms with E-state index in [1.807, 2.05) is 44.2 Å². The van der Waals surface area contributed by atoms with Crippen molar-refractivity contribution in [2.45, 2.75) is 13.8 Å². The zero-order chi connectivity index (χ0) is 15.2. The number of halogens is 1. The fourth-order valence-corrected chi connectivity index (χ4v) is 2.06. The van der Waals surface area contributed by atoms with Crippen LogP contribution in [0, 0.1) is 13.8 Å². The molecular formula is C17H18ClNO2. The third-order valence-electron chi connectivity index (χ3n) is 3.22. The summed E-state index contributed by atoms with van der Waals surface area (Å²) in [6.07, 6.45) is 0. The molecule has 2 rings (SSSR count). The Morgan fingerprint density at radius 2 is 1.95 bits per heavy atom.